The fraction of sp³-hybridized carbons (Fsp3) is 0.167. The van der Waals surface area contributed by atoms with Gasteiger partial charge in [-0.1, -0.05) is 18.2 Å². The summed E-state index contributed by atoms with van der Waals surface area (Å²) in [6.07, 6.45) is 1.62. The highest BCUT2D eigenvalue weighted by Crippen LogP contribution is 2.26. The summed E-state index contributed by atoms with van der Waals surface area (Å²) in [5.41, 5.74) is 2.20. The van der Waals surface area contributed by atoms with Crippen molar-refractivity contribution in [3.63, 3.8) is 0 Å². The highest BCUT2D eigenvalue weighted by atomic mass is 16.5. The van der Waals surface area contributed by atoms with Gasteiger partial charge in [0.2, 0.25) is 5.88 Å². The van der Waals surface area contributed by atoms with Gasteiger partial charge in [0.05, 0.1) is 0 Å². The Morgan fingerprint density at radius 2 is 1.73 bits per heavy atom. The normalized spacial score (nSPS) is 10.0. The molecule has 0 unspecified atom stereocenters. The second-order valence-electron chi connectivity index (χ2n) is 3.38. The van der Waals surface area contributed by atoms with Gasteiger partial charge in [0.25, 0.3) is 0 Å². The van der Waals surface area contributed by atoms with E-state index < -0.39 is 0 Å². The van der Waals surface area contributed by atoms with Crippen molar-refractivity contribution >= 4 is 0 Å². The maximum atomic E-state index is 5.67. The fourth-order valence-electron chi connectivity index (χ4n) is 1.41. The molecule has 0 saturated heterocycles. The van der Waals surface area contributed by atoms with E-state index in [2.05, 4.69) is 10.2 Å². The molecule has 0 aliphatic rings. The first-order chi connectivity index (χ1) is 7.27. The first-order valence-electron chi connectivity index (χ1n) is 4.79. The lowest BCUT2D eigenvalue weighted by atomic mass is 10.1. The van der Waals surface area contributed by atoms with Crippen LogP contribution in [0.4, 0.5) is 0 Å². The number of aromatic nitrogens is 2. The second kappa shape index (κ2) is 4.09. The molecular weight excluding hydrogens is 188 g/mol. The summed E-state index contributed by atoms with van der Waals surface area (Å²) in [5, 5.41) is 7.65. The Kier molecular flexibility index (Phi) is 2.63. The predicted molar refractivity (Wildman–Crippen MR) is 58.0 cm³/mol. The van der Waals surface area contributed by atoms with Crippen molar-refractivity contribution < 1.29 is 4.74 Å². The minimum absolute atomic E-state index is 0.523. The predicted octanol–water partition coefficient (Wildman–Crippen LogP) is 2.89. The van der Waals surface area contributed by atoms with E-state index in [1.54, 1.807) is 18.3 Å². The van der Waals surface area contributed by atoms with Crippen LogP contribution in [0.5, 0.6) is 11.6 Å². The number of hydrogen-bond donors (Lipinski definition) is 0. The molecule has 0 aliphatic carbocycles. The van der Waals surface area contributed by atoms with E-state index in [1.165, 1.54) is 0 Å². The Bertz CT molecular complexity index is 434. The number of hydrogen-bond acceptors (Lipinski definition) is 3. The largest absolute Gasteiger partial charge is 0.437 e. The molecule has 0 spiro atoms. The van der Waals surface area contributed by atoms with Gasteiger partial charge >= 0.3 is 0 Å². The smallest absolute Gasteiger partial charge is 0.238 e. The number of para-hydroxylation sites is 1. The van der Waals surface area contributed by atoms with Crippen LogP contribution in [0.15, 0.2) is 36.5 Å². The average Bonchev–Trinajstić information content (AvgIpc) is 2.25. The van der Waals surface area contributed by atoms with Gasteiger partial charge in [0.1, 0.15) is 5.75 Å². The standard InChI is InChI=1S/C12H12N2O/c1-9-5-3-6-10(2)12(9)15-11-7-4-8-13-14-11/h3-8H,1-2H3. The van der Waals surface area contributed by atoms with Gasteiger partial charge in [-0.15, -0.1) is 5.10 Å². The van der Waals surface area contributed by atoms with Crippen LogP contribution < -0.4 is 4.74 Å². The van der Waals surface area contributed by atoms with Crippen LogP contribution in [0.2, 0.25) is 0 Å². The molecule has 2 rings (SSSR count). The lowest BCUT2D eigenvalue weighted by Crippen LogP contribution is -1.93. The van der Waals surface area contributed by atoms with Crippen LogP contribution >= 0.6 is 0 Å². The molecule has 3 nitrogen and oxygen atoms in total. The summed E-state index contributed by atoms with van der Waals surface area (Å²) in [7, 11) is 0. The van der Waals surface area contributed by atoms with E-state index in [0.29, 0.717) is 5.88 Å². The highest BCUT2D eigenvalue weighted by Gasteiger charge is 2.04. The van der Waals surface area contributed by atoms with E-state index in [9.17, 15) is 0 Å². The Morgan fingerprint density at radius 3 is 2.33 bits per heavy atom. The molecule has 1 heterocycles. The molecule has 0 radical (unpaired) electrons. The van der Waals surface area contributed by atoms with Crippen molar-refractivity contribution in [2.24, 2.45) is 0 Å². The van der Waals surface area contributed by atoms with Gasteiger partial charge in [0, 0.05) is 12.3 Å². The van der Waals surface area contributed by atoms with Crippen LogP contribution in [-0.4, -0.2) is 10.2 Å². The van der Waals surface area contributed by atoms with Gasteiger partial charge in [0.15, 0.2) is 0 Å². The number of aryl methyl sites for hydroxylation is 2. The van der Waals surface area contributed by atoms with Crippen molar-refractivity contribution in [2.75, 3.05) is 0 Å². The van der Waals surface area contributed by atoms with Crippen LogP contribution in [-0.2, 0) is 0 Å². The molecule has 0 bridgehead atoms. The van der Waals surface area contributed by atoms with Crippen LogP contribution in [0.3, 0.4) is 0 Å². The van der Waals surface area contributed by atoms with E-state index >= 15 is 0 Å². The molecule has 0 saturated carbocycles. The Labute approximate surface area is 88.7 Å². The zero-order valence-corrected chi connectivity index (χ0v) is 8.77. The number of benzene rings is 1. The molecule has 0 amide bonds. The van der Waals surface area contributed by atoms with E-state index in [0.717, 1.165) is 16.9 Å². The van der Waals surface area contributed by atoms with Crippen molar-refractivity contribution in [3.8, 4) is 11.6 Å². The molecule has 0 N–H and O–H groups in total. The van der Waals surface area contributed by atoms with Gasteiger partial charge in [-0.25, -0.2) is 0 Å². The summed E-state index contributed by atoms with van der Waals surface area (Å²) in [6, 6.07) is 9.63. The fourth-order valence-corrected chi connectivity index (χ4v) is 1.41. The second-order valence-corrected chi connectivity index (χ2v) is 3.38. The molecule has 3 heteroatoms. The summed E-state index contributed by atoms with van der Waals surface area (Å²) in [4.78, 5) is 0. The van der Waals surface area contributed by atoms with Crippen molar-refractivity contribution in [1.82, 2.24) is 10.2 Å². The Hall–Kier alpha value is -1.90. The topological polar surface area (TPSA) is 35.0 Å². The molecule has 1 aromatic carbocycles. The number of nitrogens with zero attached hydrogens (tertiary/aromatic N) is 2. The SMILES string of the molecule is Cc1cccc(C)c1Oc1cccnn1. The monoisotopic (exact) mass is 200 g/mol. The zero-order chi connectivity index (χ0) is 10.7. The maximum absolute atomic E-state index is 5.67. The highest BCUT2D eigenvalue weighted by molar-refractivity contribution is 5.41. The summed E-state index contributed by atoms with van der Waals surface area (Å²) < 4.78 is 5.67. The third-order valence-corrected chi connectivity index (χ3v) is 2.16. The molecule has 0 atom stereocenters. The molecule has 2 aromatic rings. The lowest BCUT2D eigenvalue weighted by Gasteiger charge is -2.09. The molecule has 0 aliphatic heterocycles. The summed E-state index contributed by atoms with van der Waals surface area (Å²) in [5.74, 6) is 1.38. The molecule has 15 heavy (non-hydrogen) atoms. The summed E-state index contributed by atoms with van der Waals surface area (Å²) >= 11 is 0. The zero-order valence-electron chi connectivity index (χ0n) is 8.77. The van der Waals surface area contributed by atoms with Gasteiger partial charge in [-0.2, -0.15) is 5.10 Å². The van der Waals surface area contributed by atoms with Crippen molar-refractivity contribution in [3.05, 3.63) is 47.7 Å². The third-order valence-electron chi connectivity index (χ3n) is 2.16. The minimum atomic E-state index is 0.523. The molecule has 76 valence electrons. The minimum Gasteiger partial charge on any atom is -0.437 e. The molecular formula is C12H12N2O. The lowest BCUT2D eigenvalue weighted by molar-refractivity contribution is 0.448. The van der Waals surface area contributed by atoms with Crippen molar-refractivity contribution in [2.45, 2.75) is 13.8 Å². The Balaban J connectivity index is 2.32. The van der Waals surface area contributed by atoms with E-state index in [1.807, 2.05) is 32.0 Å². The number of rotatable bonds is 2. The van der Waals surface area contributed by atoms with Gasteiger partial charge < -0.3 is 4.74 Å². The van der Waals surface area contributed by atoms with E-state index in [-0.39, 0.29) is 0 Å². The van der Waals surface area contributed by atoms with Crippen LogP contribution in [0.1, 0.15) is 11.1 Å². The third kappa shape index (κ3) is 2.13. The molecule has 1 aromatic heterocycles. The van der Waals surface area contributed by atoms with Crippen molar-refractivity contribution in [1.29, 1.82) is 0 Å². The van der Waals surface area contributed by atoms with Crippen LogP contribution in [0.25, 0.3) is 0 Å². The molecule has 0 fully saturated rings. The van der Waals surface area contributed by atoms with E-state index in [4.69, 9.17) is 4.74 Å². The first-order valence-corrected chi connectivity index (χ1v) is 4.79. The summed E-state index contributed by atoms with van der Waals surface area (Å²) in [6.45, 7) is 4.03. The van der Waals surface area contributed by atoms with Gasteiger partial charge in [-0.3, -0.25) is 0 Å². The maximum Gasteiger partial charge on any atom is 0.238 e. The van der Waals surface area contributed by atoms with Gasteiger partial charge in [-0.05, 0) is 31.0 Å². The Morgan fingerprint density at radius 1 is 1.00 bits per heavy atom. The first kappa shape index (κ1) is 9.65. The average molecular weight is 200 g/mol. The van der Waals surface area contributed by atoms with Crippen LogP contribution in [0, 0.1) is 13.8 Å². The quantitative estimate of drug-likeness (QED) is 0.747. The number of ether oxygens (including phenoxy) is 1.